The van der Waals surface area contributed by atoms with Gasteiger partial charge in [-0.2, -0.15) is 5.26 Å². The molecule has 0 spiro atoms. The van der Waals surface area contributed by atoms with E-state index in [2.05, 4.69) is 32.8 Å². The highest BCUT2D eigenvalue weighted by atomic mass is 16.4. The number of fused-ring (bicyclic) bond motifs is 2. The average Bonchev–Trinajstić information content (AvgIpc) is 3.07. The summed E-state index contributed by atoms with van der Waals surface area (Å²) in [5, 5.41) is 18.2. The van der Waals surface area contributed by atoms with Gasteiger partial charge in [0.15, 0.2) is 11.5 Å². The number of rotatable bonds is 4. The van der Waals surface area contributed by atoms with Crippen molar-refractivity contribution in [1.29, 1.82) is 5.26 Å². The van der Waals surface area contributed by atoms with Crippen LogP contribution in [0.4, 0.5) is 11.6 Å². The van der Waals surface area contributed by atoms with Crippen molar-refractivity contribution < 1.29 is 9.90 Å². The van der Waals surface area contributed by atoms with Gasteiger partial charge >= 0.3 is 5.97 Å². The highest BCUT2D eigenvalue weighted by molar-refractivity contribution is 5.89. The highest BCUT2D eigenvalue weighted by Gasteiger charge is 2.56. The molecule has 5 rings (SSSR count). The normalized spacial score (nSPS) is 28.6. The quantitative estimate of drug-likeness (QED) is 0.873. The summed E-state index contributed by atoms with van der Waals surface area (Å²) in [6.45, 7) is 4.78. The molecule has 0 bridgehead atoms. The Morgan fingerprint density at radius 2 is 2.15 bits per heavy atom. The fraction of sp³-hybridized carbons (Fsp3) is 0.526. The van der Waals surface area contributed by atoms with Gasteiger partial charge in [0.05, 0.1) is 11.7 Å². The summed E-state index contributed by atoms with van der Waals surface area (Å²) in [6, 6.07) is 4.38. The molecule has 4 atom stereocenters. The summed E-state index contributed by atoms with van der Waals surface area (Å²) in [5.74, 6) is 2.17. The van der Waals surface area contributed by atoms with Crippen molar-refractivity contribution in [2.45, 2.75) is 25.8 Å². The monoisotopic (exact) mass is 364 g/mol. The standard InChI is InChI=1S/C19H20N6O2/c1-10-2-3-25(10)19-18-15(22-11(6-20)7-21-18)5-16(23-19)24-8-13-12(4-17(26)27)14(13)9-24/h5,7,10,12-14H,2-4,8-9H2,1H3,(H,26,27)/t10-,12-,13-,14+/m0/s1. The molecule has 0 unspecified atom stereocenters. The van der Waals surface area contributed by atoms with Crippen molar-refractivity contribution in [2.24, 2.45) is 17.8 Å². The second kappa shape index (κ2) is 5.78. The Morgan fingerprint density at radius 1 is 1.37 bits per heavy atom. The molecule has 8 heteroatoms. The zero-order valence-electron chi connectivity index (χ0n) is 15.0. The van der Waals surface area contributed by atoms with Crippen LogP contribution in [0.5, 0.6) is 0 Å². The predicted octanol–water partition coefficient (Wildman–Crippen LogP) is 1.65. The number of aromatic nitrogens is 3. The van der Waals surface area contributed by atoms with Crippen LogP contribution >= 0.6 is 0 Å². The van der Waals surface area contributed by atoms with Gasteiger partial charge in [-0.25, -0.2) is 15.0 Å². The van der Waals surface area contributed by atoms with Crippen molar-refractivity contribution in [3.8, 4) is 6.07 Å². The highest BCUT2D eigenvalue weighted by Crippen LogP contribution is 2.54. The fourth-order valence-corrected chi connectivity index (χ4v) is 4.58. The summed E-state index contributed by atoms with van der Waals surface area (Å²) in [5.41, 5.74) is 1.72. The van der Waals surface area contributed by atoms with Gasteiger partial charge in [-0.05, 0) is 31.1 Å². The van der Waals surface area contributed by atoms with Gasteiger partial charge in [-0.3, -0.25) is 4.79 Å². The minimum absolute atomic E-state index is 0.266. The maximum atomic E-state index is 11.0. The number of hydrogen-bond acceptors (Lipinski definition) is 7. The number of aliphatic carboxylic acids is 1. The molecule has 4 heterocycles. The van der Waals surface area contributed by atoms with Crippen LogP contribution in [-0.2, 0) is 4.79 Å². The van der Waals surface area contributed by atoms with Crippen LogP contribution in [-0.4, -0.2) is 51.7 Å². The first kappa shape index (κ1) is 16.2. The second-order valence-corrected chi connectivity index (χ2v) is 7.86. The fourth-order valence-electron chi connectivity index (χ4n) is 4.58. The first-order valence-electron chi connectivity index (χ1n) is 9.36. The lowest BCUT2D eigenvalue weighted by Crippen LogP contribution is -2.46. The molecule has 138 valence electrons. The van der Waals surface area contributed by atoms with Crippen LogP contribution in [0.2, 0.25) is 0 Å². The Labute approximate surface area is 156 Å². The predicted molar refractivity (Wildman–Crippen MR) is 98.4 cm³/mol. The van der Waals surface area contributed by atoms with Gasteiger partial charge in [-0.15, -0.1) is 0 Å². The number of pyridine rings is 1. The Morgan fingerprint density at radius 3 is 2.74 bits per heavy atom. The summed E-state index contributed by atoms with van der Waals surface area (Å²) in [7, 11) is 0. The minimum Gasteiger partial charge on any atom is -0.481 e. The molecule has 2 aromatic heterocycles. The number of hydrogen-bond donors (Lipinski definition) is 1. The van der Waals surface area contributed by atoms with Crippen LogP contribution in [0.25, 0.3) is 11.0 Å². The summed E-state index contributed by atoms with van der Waals surface area (Å²) in [4.78, 5) is 29.2. The third-order valence-corrected chi connectivity index (χ3v) is 6.31. The lowest BCUT2D eigenvalue weighted by Gasteiger charge is -2.40. The van der Waals surface area contributed by atoms with Crippen LogP contribution in [0, 0.1) is 29.1 Å². The van der Waals surface area contributed by atoms with E-state index in [1.807, 2.05) is 6.07 Å². The van der Waals surface area contributed by atoms with E-state index < -0.39 is 5.97 Å². The Kier molecular flexibility index (Phi) is 3.47. The smallest absolute Gasteiger partial charge is 0.303 e. The van der Waals surface area contributed by atoms with Gasteiger partial charge in [0.25, 0.3) is 0 Å². The molecule has 0 amide bonds. The first-order valence-corrected chi connectivity index (χ1v) is 9.36. The van der Waals surface area contributed by atoms with Gasteiger partial charge < -0.3 is 14.9 Å². The zero-order chi connectivity index (χ0) is 18.7. The maximum Gasteiger partial charge on any atom is 0.303 e. The Balaban J connectivity index is 1.48. The van der Waals surface area contributed by atoms with Gasteiger partial charge in [-0.1, -0.05) is 0 Å². The minimum atomic E-state index is -0.710. The molecule has 0 aromatic carbocycles. The van der Waals surface area contributed by atoms with E-state index in [-0.39, 0.29) is 6.42 Å². The van der Waals surface area contributed by atoms with Crippen molar-refractivity contribution in [3.63, 3.8) is 0 Å². The van der Waals surface area contributed by atoms with E-state index in [0.29, 0.717) is 35.0 Å². The van der Waals surface area contributed by atoms with E-state index in [9.17, 15) is 4.79 Å². The SMILES string of the molecule is C[C@H]1CCN1c1nc(N2C[C@@H]3[C@@H](CC(=O)O)[C@@H]3C2)cc2nc(C#N)cnc12. The van der Waals surface area contributed by atoms with Crippen LogP contribution in [0.15, 0.2) is 12.3 Å². The Hall–Kier alpha value is -2.95. The zero-order valence-corrected chi connectivity index (χ0v) is 15.0. The van der Waals surface area contributed by atoms with Gasteiger partial charge in [0.2, 0.25) is 0 Å². The molecule has 1 saturated carbocycles. The van der Waals surface area contributed by atoms with Crippen LogP contribution in [0.1, 0.15) is 25.5 Å². The third-order valence-electron chi connectivity index (χ3n) is 6.31. The molecule has 0 radical (unpaired) electrons. The molecule has 8 nitrogen and oxygen atoms in total. The molecule has 2 aromatic rings. The van der Waals surface area contributed by atoms with Gasteiger partial charge in [0.1, 0.15) is 17.4 Å². The topological polar surface area (TPSA) is 106 Å². The molecule has 1 N–H and O–H groups in total. The number of carboxylic acid groups (broad SMARTS) is 1. The lowest BCUT2D eigenvalue weighted by molar-refractivity contribution is -0.137. The number of carbonyl (C=O) groups is 1. The van der Waals surface area contributed by atoms with Crippen molar-refractivity contribution >= 4 is 28.6 Å². The molecule has 2 saturated heterocycles. The first-order chi connectivity index (χ1) is 13.0. The second-order valence-electron chi connectivity index (χ2n) is 7.86. The number of piperidine rings is 1. The van der Waals surface area contributed by atoms with E-state index in [1.54, 1.807) is 0 Å². The number of anilines is 2. The molecular weight excluding hydrogens is 344 g/mol. The van der Waals surface area contributed by atoms with Gasteiger partial charge in [0, 0.05) is 38.2 Å². The summed E-state index contributed by atoms with van der Waals surface area (Å²) < 4.78 is 0. The maximum absolute atomic E-state index is 11.0. The Bertz CT molecular complexity index is 974. The lowest BCUT2D eigenvalue weighted by atomic mass is 10.1. The van der Waals surface area contributed by atoms with E-state index in [0.717, 1.165) is 43.2 Å². The van der Waals surface area contributed by atoms with E-state index >= 15 is 0 Å². The van der Waals surface area contributed by atoms with Crippen molar-refractivity contribution in [2.75, 3.05) is 29.4 Å². The van der Waals surface area contributed by atoms with E-state index in [4.69, 9.17) is 15.4 Å². The van der Waals surface area contributed by atoms with E-state index in [1.165, 1.54) is 6.20 Å². The summed E-state index contributed by atoms with van der Waals surface area (Å²) in [6.07, 6.45) is 2.89. The van der Waals surface area contributed by atoms with Crippen LogP contribution in [0.3, 0.4) is 0 Å². The van der Waals surface area contributed by atoms with Crippen molar-refractivity contribution in [1.82, 2.24) is 15.0 Å². The van der Waals surface area contributed by atoms with Crippen molar-refractivity contribution in [3.05, 3.63) is 18.0 Å². The molecule has 3 aliphatic rings. The molecule has 2 aliphatic heterocycles. The average molecular weight is 364 g/mol. The largest absolute Gasteiger partial charge is 0.481 e. The summed E-state index contributed by atoms with van der Waals surface area (Å²) >= 11 is 0. The number of carboxylic acids is 1. The molecule has 3 fully saturated rings. The molecule has 1 aliphatic carbocycles. The number of nitriles is 1. The van der Waals surface area contributed by atoms with Crippen LogP contribution < -0.4 is 9.80 Å². The number of nitrogens with zero attached hydrogens (tertiary/aromatic N) is 6. The molecular formula is C19H20N6O2. The third kappa shape index (κ3) is 2.57. The molecule has 27 heavy (non-hydrogen) atoms.